The van der Waals surface area contributed by atoms with E-state index >= 15 is 0 Å². The third-order valence-corrected chi connectivity index (χ3v) is 5.39. The van der Waals surface area contributed by atoms with Gasteiger partial charge in [0.15, 0.2) is 11.7 Å². The maximum atomic E-state index is 12.4. The molecular formula is C20H36IN5O2. The highest BCUT2D eigenvalue weighted by molar-refractivity contribution is 14.0. The number of aromatic nitrogens is 1. The molecule has 0 saturated carbocycles. The van der Waals surface area contributed by atoms with E-state index in [9.17, 15) is 4.79 Å². The van der Waals surface area contributed by atoms with Crippen LogP contribution in [-0.2, 0) is 11.3 Å². The molecule has 2 N–H and O–H groups in total. The summed E-state index contributed by atoms with van der Waals surface area (Å²) in [7, 11) is 1.72. The third-order valence-electron chi connectivity index (χ3n) is 5.39. The van der Waals surface area contributed by atoms with E-state index in [1.54, 1.807) is 7.05 Å². The van der Waals surface area contributed by atoms with Gasteiger partial charge in [0.05, 0.1) is 12.2 Å². The zero-order chi connectivity index (χ0) is 19.6. The molecule has 0 bridgehead atoms. The van der Waals surface area contributed by atoms with Crippen LogP contribution < -0.4 is 10.6 Å². The lowest BCUT2D eigenvalue weighted by Gasteiger charge is -2.33. The van der Waals surface area contributed by atoms with Crippen molar-refractivity contribution in [1.82, 2.24) is 20.7 Å². The average Bonchev–Trinajstić information content (AvgIpc) is 3.14. The first kappa shape index (κ1) is 24.7. The van der Waals surface area contributed by atoms with Gasteiger partial charge in [0.2, 0.25) is 5.91 Å². The van der Waals surface area contributed by atoms with Crippen LogP contribution >= 0.6 is 24.0 Å². The Labute approximate surface area is 186 Å². The lowest BCUT2D eigenvalue weighted by Crippen LogP contribution is -2.44. The minimum Gasteiger partial charge on any atom is -0.359 e. The molecule has 0 radical (unpaired) electrons. The summed E-state index contributed by atoms with van der Waals surface area (Å²) in [6.07, 6.45) is 6.04. The van der Waals surface area contributed by atoms with Gasteiger partial charge in [0.1, 0.15) is 0 Å². The van der Waals surface area contributed by atoms with E-state index < -0.39 is 0 Å². The first-order valence-corrected chi connectivity index (χ1v) is 10.3. The van der Waals surface area contributed by atoms with E-state index in [-0.39, 0.29) is 29.9 Å². The van der Waals surface area contributed by atoms with Crippen molar-refractivity contribution in [2.45, 2.75) is 77.8 Å². The lowest BCUT2D eigenvalue weighted by molar-refractivity contribution is -0.134. The van der Waals surface area contributed by atoms with E-state index in [4.69, 9.17) is 4.52 Å². The Morgan fingerprint density at radius 1 is 1.36 bits per heavy atom. The van der Waals surface area contributed by atoms with Crippen molar-refractivity contribution in [3.8, 4) is 0 Å². The van der Waals surface area contributed by atoms with Gasteiger partial charge in [-0.2, -0.15) is 0 Å². The van der Waals surface area contributed by atoms with E-state index in [0.29, 0.717) is 37.4 Å². The molecule has 2 heterocycles. The van der Waals surface area contributed by atoms with Gasteiger partial charge in [-0.1, -0.05) is 19.0 Å². The van der Waals surface area contributed by atoms with Gasteiger partial charge >= 0.3 is 0 Å². The van der Waals surface area contributed by atoms with Crippen LogP contribution in [0.15, 0.2) is 15.6 Å². The summed E-state index contributed by atoms with van der Waals surface area (Å²) in [5, 5.41) is 10.6. The van der Waals surface area contributed by atoms with Crippen LogP contribution in [0.25, 0.3) is 0 Å². The molecule has 1 saturated heterocycles. The van der Waals surface area contributed by atoms with E-state index in [2.05, 4.69) is 41.6 Å². The number of nitrogens with one attached hydrogen (secondary N) is 2. The number of nitrogens with zero attached hydrogens (tertiary/aromatic N) is 3. The maximum Gasteiger partial charge on any atom is 0.224 e. The highest BCUT2D eigenvalue weighted by Gasteiger charge is 2.22. The van der Waals surface area contributed by atoms with Gasteiger partial charge in [0.25, 0.3) is 0 Å². The largest absolute Gasteiger partial charge is 0.359 e. The average molecular weight is 505 g/mol. The molecule has 7 nitrogen and oxygen atoms in total. The summed E-state index contributed by atoms with van der Waals surface area (Å²) >= 11 is 0. The smallest absolute Gasteiger partial charge is 0.224 e. The zero-order valence-corrected chi connectivity index (χ0v) is 20.0. The number of hydrogen-bond donors (Lipinski definition) is 2. The number of amides is 1. The molecule has 0 aliphatic carbocycles. The molecule has 1 atom stereocenters. The number of carbonyl (C=O) groups excluding carboxylic acids is 1. The van der Waals surface area contributed by atoms with E-state index in [1.807, 2.05) is 11.0 Å². The molecule has 1 aliphatic heterocycles. The monoisotopic (exact) mass is 505 g/mol. The van der Waals surface area contributed by atoms with Crippen molar-refractivity contribution in [2.75, 3.05) is 20.1 Å². The number of likely N-dealkylation sites (tertiary alicyclic amines) is 1. The van der Waals surface area contributed by atoms with Crippen LogP contribution in [0.3, 0.4) is 0 Å². The lowest BCUT2D eigenvalue weighted by atomic mass is 9.99. The molecule has 160 valence electrons. The maximum absolute atomic E-state index is 12.4. The molecule has 1 aromatic rings. The fraction of sp³-hybridized carbons (Fsp3) is 0.750. The first-order valence-electron chi connectivity index (χ1n) is 10.3. The highest BCUT2D eigenvalue weighted by Crippen LogP contribution is 2.22. The molecule has 8 heteroatoms. The molecule has 0 aromatic carbocycles. The quantitative estimate of drug-likeness (QED) is 0.320. The molecule has 0 spiro atoms. The fourth-order valence-corrected chi connectivity index (χ4v) is 3.60. The number of piperidine rings is 1. The van der Waals surface area contributed by atoms with Gasteiger partial charge in [-0.3, -0.25) is 9.79 Å². The number of guanidine groups is 1. The van der Waals surface area contributed by atoms with Crippen molar-refractivity contribution in [1.29, 1.82) is 0 Å². The van der Waals surface area contributed by atoms with Crippen LogP contribution in [0.5, 0.6) is 0 Å². The van der Waals surface area contributed by atoms with Crippen molar-refractivity contribution in [3.63, 3.8) is 0 Å². The third kappa shape index (κ3) is 7.25. The summed E-state index contributed by atoms with van der Waals surface area (Å²) in [5.41, 5.74) is 1.01. The number of rotatable bonds is 8. The molecule has 1 unspecified atom stereocenters. The number of aliphatic imine (C=N–C) groups is 1. The van der Waals surface area contributed by atoms with Gasteiger partial charge in [0, 0.05) is 44.6 Å². The van der Waals surface area contributed by atoms with Crippen LogP contribution in [-0.4, -0.2) is 48.1 Å². The summed E-state index contributed by atoms with van der Waals surface area (Å²) < 4.78 is 5.42. The summed E-state index contributed by atoms with van der Waals surface area (Å²) in [6.45, 7) is 8.44. The normalized spacial score (nSPS) is 17.4. The van der Waals surface area contributed by atoms with Crippen molar-refractivity contribution >= 4 is 35.8 Å². The van der Waals surface area contributed by atoms with Crippen LogP contribution in [0, 0.1) is 0 Å². The predicted molar refractivity (Wildman–Crippen MR) is 123 cm³/mol. The summed E-state index contributed by atoms with van der Waals surface area (Å²) in [5.74, 6) is 2.12. The number of hydrogen-bond acceptors (Lipinski definition) is 4. The second-order valence-corrected chi connectivity index (χ2v) is 7.27. The number of halogens is 1. The summed E-state index contributed by atoms with van der Waals surface area (Å²) in [4.78, 5) is 18.6. The van der Waals surface area contributed by atoms with Crippen LogP contribution in [0.2, 0.25) is 0 Å². The Morgan fingerprint density at radius 2 is 2.11 bits per heavy atom. The van der Waals surface area contributed by atoms with Gasteiger partial charge < -0.3 is 20.1 Å². The van der Waals surface area contributed by atoms with Gasteiger partial charge in [-0.25, -0.2) is 0 Å². The Kier molecular flexibility index (Phi) is 11.5. The topological polar surface area (TPSA) is 82.8 Å². The van der Waals surface area contributed by atoms with Crippen LogP contribution in [0.1, 0.15) is 76.7 Å². The van der Waals surface area contributed by atoms with Crippen molar-refractivity contribution in [3.05, 3.63) is 17.5 Å². The summed E-state index contributed by atoms with van der Waals surface area (Å²) in [6, 6.07) is 2.37. The molecule has 28 heavy (non-hydrogen) atoms. The van der Waals surface area contributed by atoms with Gasteiger partial charge in [-0.15, -0.1) is 24.0 Å². The second kappa shape index (κ2) is 13.0. The highest BCUT2D eigenvalue weighted by atomic mass is 127. The Morgan fingerprint density at radius 3 is 2.75 bits per heavy atom. The fourth-order valence-electron chi connectivity index (χ4n) is 3.60. The molecule has 1 aromatic heterocycles. The SMILES string of the molecule is CCC(CC)c1cc(CNC(=NC)NCCC(=O)N2CCCCC2C)on1.I. The number of carbonyl (C=O) groups is 1. The van der Waals surface area contributed by atoms with Crippen molar-refractivity contribution in [2.24, 2.45) is 4.99 Å². The predicted octanol–water partition coefficient (Wildman–Crippen LogP) is 3.65. The van der Waals surface area contributed by atoms with E-state index in [0.717, 1.165) is 43.7 Å². The van der Waals surface area contributed by atoms with Crippen molar-refractivity contribution < 1.29 is 9.32 Å². The molecule has 1 aliphatic rings. The Balaban J connectivity index is 0.00000392. The standard InChI is InChI=1S/C20H35N5O2.HI/c1-5-16(6-2)18-13-17(27-24-18)14-23-20(21-4)22-11-10-19(26)25-12-8-7-9-15(25)3;/h13,15-16H,5-12,14H2,1-4H3,(H2,21,22,23);1H. The van der Waals surface area contributed by atoms with Gasteiger partial charge in [-0.05, 0) is 39.0 Å². The minimum absolute atomic E-state index is 0. The second-order valence-electron chi connectivity index (χ2n) is 7.27. The van der Waals surface area contributed by atoms with E-state index in [1.165, 1.54) is 6.42 Å². The van der Waals surface area contributed by atoms with Crippen LogP contribution in [0.4, 0.5) is 0 Å². The zero-order valence-electron chi connectivity index (χ0n) is 17.7. The minimum atomic E-state index is 0. The molecular weight excluding hydrogens is 469 g/mol. The molecule has 2 rings (SSSR count). The Bertz CT molecular complexity index is 615. The Hall–Kier alpha value is -1.32. The molecule has 1 fully saturated rings. The molecule has 1 amide bonds. The first-order chi connectivity index (χ1) is 13.1.